The summed E-state index contributed by atoms with van der Waals surface area (Å²) in [6.07, 6.45) is 10.4. The van der Waals surface area contributed by atoms with E-state index in [1.165, 1.54) is 51.4 Å². The maximum absolute atomic E-state index is 5.69. The fourth-order valence-corrected chi connectivity index (χ4v) is 3.18. The van der Waals surface area contributed by atoms with Crippen LogP contribution in [0.15, 0.2) is 4.99 Å². The van der Waals surface area contributed by atoms with E-state index in [1.54, 1.807) is 0 Å². The molecule has 2 aliphatic rings. The van der Waals surface area contributed by atoms with Crippen LogP contribution in [-0.2, 0) is 0 Å². The van der Waals surface area contributed by atoms with Gasteiger partial charge in [-0.15, -0.1) is 0 Å². The number of nitrogens with zero attached hydrogens (tertiary/aromatic N) is 2. The molecule has 18 heavy (non-hydrogen) atoms. The van der Waals surface area contributed by atoms with Crippen LogP contribution >= 0.6 is 0 Å². The van der Waals surface area contributed by atoms with E-state index in [4.69, 9.17) is 10.8 Å². The van der Waals surface area contributed by atoms with E-state index in [-0.39, 0.29) is 0 Å². The quantitative estimate of drug-likeness (QED) is 0.343. The van der Waals surface area contributed by atoms with E-state index in [0.29, 0.717) is 6.04 Å². The summed E-state index contributed by atoms with van der Waals surface area (Å²) in [4.78, 5) is 7.21. The monoisotopic (exact) mass is 252 g/mol. The van der Waals surface area contributed by atoms with Crippen molar-refractivity contribution in [3.63, 3.8) is 0 Å². The lowest BCUT2D eigenvalue weighted by atomic mass is 9.95. The molecule has 0 amide bonds. The fraction of sp³-hybridized carbons (Fsp3) is 0.929. The van der Waals surface area contributed by atoms with E-state index in [0.717, 1.165) is 25.0 Å². The van der Waals surface area contributed by atoms with Gasteiger partial charge < -0.3 is 4.90 Å². The summed E-state index contributed by atoms with van der Waals surface area (Å²) in [5.41, 5.74) is 2.84. The third-order valence-electron chi connectivity index (χ3n) is 4.40. The standard InChI is InChI=1S/C14H28N4/c1-2-12-7-6-10-18(11-12)14(17-15)16-13-8-4-3-5-9-13/h12-13H,2-11,15H2,1H3,(H,16,17). The van der Waals surface area contributed by atoms with Crippen LogP contribution in [-0.4, -0.2) is 30.0 Å². The van der Waals surface area contributed by atoms with E-state index < -0.39 is 0 Å². The largest absolute Gasteiger partial charge is 0.342 e. The average molecular weight is 252 g/mol. The molecule has 1 aliphatic carbocycles. The van der Waals surface area contributed by atoms with Gasteiger partial charge in [-0.05, 0) is 31.6 Å². The van der Waals surface area contributed by atoms with Gasteiger partial charge in [0.1, 0.15) is 0 Å². The molecular formula is C14H28N4. The summed E-state index contributed by atoms with van der Waals surface area (Å²) in [6, 6.07) is 0.492. The van der Waals surface area contributed by atoms with E-state index in [1.807, 2.05) is 0 Å². The van der Waals surface area contributed by atoms with Crippen molar-refractivity contribution in [1.82, 2.24) is 10.3 Å². The van der Waals surface area contributed by atoms with Gasteiger partial charge in [0.2, 0.25) is 5.96 Å². The summed E-state index contributed by atoms with van der Waals surface area (Å²) < 4.78 is 0. The Morgan fingerprint density at radius 1 is 1.22 bits per heavy atom. The number of nitrogens with two attached hydrogens (primary N) is 1. The van der Waals surface area contributed by atoms with Crippen LogP contribution in [0.1, 0.15) is 58.3 Å². The molecule has 0 bridgehead atoms. The molecule has 2 fully saturated rings. The van der Waals surface area contributed by atoms with Crippen molar-refractivity contribution < 1.29 is 0 Å². The van der Waals surface area contributed by atoms with Gasteiger partial charge in [-0.25, -0.2) is 10.8 Å². The highest BCUT2D eigenvalue weighted by Gasteiger charge is 2.22. The Hall–Kier alpha value is -0.770. The number of piperidine rings is 1. The first-order valence-corrected chi connectivity index (χ1v) is 7.62. The number of aliphatic imine (C=N–C) groups is 1. The van der Waals surface area contributed by atoms with Crippen molar-refractivity contribution in [1.29, 1.82) is 0 Å². The molecule has 4 nitrogen and oxygen atoms in total. The molecular weight excluding hydrogens is 224 g/mol. The molecule has 3 N–H and O–H groups in total. The Morgan fingerprint density at radius 2 is 2.00 bits per heavy atom. The molecule has 1 heterocycles. The molecule has 0 radical (unpaired) electrons. The number of rotatable bonds is 2. The van der Waals surface area contributed by atoms with Crippen molar-refractivity contribution in [3.8, 4) is 0 Å². The third kappa shape index (κ3) is 3.61. The Morgan fingerprint density at radius 3 is 2.67 bits per heavy atom. The Balaban J connectivity index is 1.95. The number of hydrazine groups is 1. The van der Waals surface area contributed by atoms with Gasteiger partial charge in [-0.2, -0.15) is 0 Å². The normalized spacial score (nSPS) is 27.3. The van der Waals surface area contributed by atoms with Crippen LogP contribution in [0.5, 0.6) is 0 Å². The Labute approximate surface area is 111 Å². The zero-order valence-electron chi connectivity index (χ0n) is 11.7. The minimum Gasteiger partial charge on any atom is -0.342 e. The van der Waals surface area contributed by atoms with E-state index >= 15 is 0 Å². The SMILES string of the molecule is CCC1CCCN(C(=NC2CCCCC2)NN)C1. The van der Waals surface area contributed by atoms with Crippen LogP contribution in [0.25, 0.3) is 0 Å². The molecule has 1 aliphatic heterocycles. The molecule has 1 atom stereocenters. The number of hydrogen-bond donors (Lipinski definition) is 2. The molecule has 2 rings (SSSR count). The predicted octanol–water partition coefficient (Wildman–Crippen LogP) is 2.26. The lowest BCUT2D eigenvalue weighted by molar-refractivity contribution is 0.245. The maximum atomic E-state index is 5.69. The number of likely N-dealkylation sites (tertiary alicyclic amines) is 1. The minimum absolute atomic E-state index is 0.492. The second-order valence-corrected chi connectivity index (χ2v) is 5.75. The summed E-state index contributed by atoms with van der Waals surface area (Å²) in [5.74, 6) is 7.42. The van der Waals surface area contributed by atoms with Crippen LogP contribution < -0.4 is 11.3 Å². The summed E-state index contributed by atoms with van der Waals surface area (Å²) in [5, 5.41) is 0. The summed E-state index contributed by atoms with van der Waals surface area (Å²) >= 11 is 0. The first kappa shape index (κ1) is 13.7. The zero-order chi connectivity index (χ0) is 12.8. The van der Waals surface area contributed by atoms with Gasteiger partial charge in [0.15, 0.2) is 0 Å². The number of hydrogen-bond acceptors (Lipinski definition) is 2. The van der Waals surface area contributed by atoms with Crippen LogP contribution in [0.3, 0.4) is 0 Å². The highest BCUT2D eigenvalue weighted by Crippen LogP contribution is 2.22. The first-order chi connectivity index (χ1) is 8.83. The fourth-order valence-electron chi connectivity index (χ4n) is 3.18. The van der Waals surface area contributed by atoms with Gasteiger partial charge in [0.25, 0.3) is 0 Å². The smallest absolute Gasteiger partial charge is 0.208 e. The van der Waals surface area contributed by atoms with Crippen LogP contribution in [0, 0.1) is 5.92 Å². The topological polar surface area (TPSA) is 53.6 Å². The third-order valence-corrected chi connectivity index (χ3v) is 4.40. The average Bonchev–Trinajstić information content (AvgIpc) is 2.46. The molecule has 0 aromatic carbocycles. The molecule has 4 heteroatoms. The highest BCUT2D eigenvalue weighted by molar-refractivity contribution is 5.79. The van der Waals surface area contributed by atoms with Crippen molar-refractivity contribution in [3.05, 3.63) is 0 Å². The highest BCUT2D eigenvalue weighted by atomic mass is 15.4. The Bertz CT molecular complexity index is 271. The van der Waals surface area contributed by atoms with Crippen molar-refractivity contribution >= 4 is 5.96 Å². The predicted molar refractivity (Wildman–Crippen MR) is 76.2 cm³/mol. The van der Waals surface area contributed by atoms with E-state index in [9.17, 15) is 0 Å². The first-order valence-electron chi connectivity index (χ1n) is 7.62. The zero-order valence-corrected chi connectivity index (χ0v) is 11.7. The van der Waals surface area contributed by atoms with Crippen molar-refractivity contribution in [2.75, 3.05) is 13.1 Å². The van der Waals surface area contributed by atoms with Gasteiger partial charge >= 0.3 is 0 Å². The number of nitrogens with one attached hydrogen (secondary N) is 1. The molecule has 104 valence electrons. The van der Waals surface area contributed by atoms with Gasteiger partial charge in [0, 0.05) is 13.1 Å². The molecule has 1 saturated heterocycles. The minimum atomic E-state index is 0.492. The second kappa shape index (κ2) is 6.98. The maximum Gasteiger partial charge on any atom is 0.208 e. The molecule has 1 saturated carbocycles. The Kier molecular flexibility index (Phi) is 5.29. The van der Waals surface area contributed by atoms with Gasteiger partial charge in [0.05, 0.1) is 6.04 Å². The molecule has 0 spiro atoms. The van der Waals surface area contributed by atoms with Gasteiger partial charge in [-0.3, -0.25) is 5.43 Å². The van der Waals surface area contributed by atoms with Crippen LogP contribution in [0.4, 0.5) is 0 Å². The molecule has 0 aromatic rings. The van der Waals surface area contributed by atoms with Crippen molar-refractivity contribution in [2.24, 2.45) is 16.8 Å². The lowest BCUT2D eigenvalue weighted by Crippen LogP contribution is -2.49. The van der Waals surface area contributed by atoms with Crippen LogP contribution in [0.2, 0.25) is 0 Å². The van der Waals surface area contributed by atoms with E-state index in [2.05, 4.69) is 17.2 Å². The molecule has 0 aromatic heterocycles. The molecule has 1 unspecified atom stereocenters. The van der Waals surface area contributed by atoms with Gasteiger partial charge in [-0.1, -0.05) is 32.6 Å². The number of guanidine groups is 1. The summed E-state index contributed by atoms with van der Waals surface area (Å²) in [6.45, 7) is 4.50. The second-order valence-electron chi connectivity index (χ2n) is 5.75. The van der Waals surface area contributed by atoms with Crippen molar-refractivity contribution in [2.45, 2.75) is 64.3 Å². The lowest BCUT2D eigenvalue weighted by Gasteiger charge is -2.35. The summed E-state index contributed by atoms with van der Waals surface area (Å²) in [7, 11) is 0.